The number of rotatable bonds is 4. The molecule has 0 bridgehead atoms. The van der Waals surface area contributed by atoms with Crippen molar-refractivity contribution in [2.75, 3.05) is 26.2 Å². The molecule has 1 saturated carbocycles. The van der Waals surface area contributed by atoms with Crippen molar-refractivity contribution in [3.8, 4) is 0 Å². The van der Waals surface area contributed by atoms with Gasteiger partial charge in [0.05, 0.1) is 0 Å². The summed E-state index contributed by atoms with van der Waals surface area (Å²) in [5.74, 6) is 1.90. The van der Waals surface area contributed by atoms with E-state index in [2.05, 4.69) is 31.0 Å². The van der Waals surface area contributed by atoms with E-state index in [9.17, 15) is 0 Å². The summed E-state index contributed by atoms with van der Waals surface area (Å²) in [5.41, 5.74) is 0.383. The summed E-state index contributed by atoms with van der Waals surface area (Å²) in [5, 5.41) is 3.83. The highest BCUT2D eigenvalue weighted by molar-refractivity contribution is 4.92. The van der Waals surface area contributed by atoms with Crippen LogP contribution in [-0.2, 0) is 0 Å². The molecule has 1 heterocycles. The standard InChI is InChI=1S/C17H34N2/c1-4-17(5-2)14-19(12-8-11-18-17)13-16-10-7-6-9-15(16)3/h15-16,18H,4-14H2,1-3H3. The Balaban J connectivity index is 1.94. The van der Waals surface area contributed by atoms with E-state index >= 15 is 0 Å². The summed E-state index contributed by atoms with van der Waals surface area (Å²) in [4.78, 5) is 2.78. The Morgan fingerprint density at radius 1 is 1.11 bits per heavy atom. The first-order valence-corrected chi connectivity index (χ1v) is 8.66. The lowest BCUT2D eigenvalue weighted by Gasteiger charge is -2.38. The Labute approximate surface area is 120 Å². The van der Waals surface area contributed by atoms with Gasteiger partial charge in [0.1, 0.15) is 0 Å². The van der Waals surface area contributed by atoms with E-state index in [1.165, 1.54) is 71.1 Å². The van der Waals surface area contributed by atoms with E-state index in [-0.39, 0.29) is 0 Å². The normalized spacial score (nSPS) is 33.0. The first-order valence-electron chi connectivity index (χ1n) is 8.66. The molecule has 19 heavy (non-hydrogen) atoms. The highest BCUT2D eigenvalue weighted by Gasteiger charge is 2.32. The van der Waals surface area contributed by atoms with Gasteiger partial charge in [0.15, 0.2) is 0 Å². The van der Waals surface area contributed by atoms with E-state index in [1.54, 1.807) is 0 Å². The number of hydrogen-bond acceptors (Lipinski definition) is 2. The van der Waals surface area contributed by atoms with Crippen LogP contribution in [-0.4, -0.2) is 36.6 Å². The van der Waals surface area contributed by atoms with Crippen molar-refractivity contribution in [3.63, 3.8) is 0 Å². The summed E-state index contributed by atoms with van der Waals surface area (Å²) >= 11 is 0. The maximum atomic E-state index is 3.83. The van der Waals surface area contributed by atoms with Crippen LogP contribution in [0.5, 0.6) is 0 Å². The number of hydrogen-bond donors (Lipinski definition) is 1. The summed E-state index contributed by atoms with van der Waals surface area (Å²) in [6.45, 7) is 12.3. The molecule has 0 aromatic carbocycles. The second-order valence-corrected chi connectivity index (χ2v) is 7.02. The van der Waals surface area contributed by atoms with E-state index < -0.39 is 0 Å². The highest BCUT2D eigenvalue weighted by Crippen LogP contribution is 2.31. The minimum atomic E-state index is 0.383. The van der Waals surface area contributed by atoms with Gasteiger partial charge in [-0.05, 0) is 50.6 Å². The third-order valence-corrected chi connectivity index (χ3v) is 5.81. The Kier molecular flexibility index (Phi) is 5.70. The van der Waals surface area contributed by atoms with Gasteiger partial charge in [-0.1, -0.05) is 40.0 Å². The van der Waals surface area contributed by atoms with Crippen molar-refractivity contribution < 1.29 is 0 Å². The molecule has 2 unspecified atom stereocenters. The van der Waals surface area contributed by atoms with Gasteiger partial charge >= 0.3 is 0 Å². The zero-order valence-corrected chi connectivity index (χ0v) is 13.4. The van der Waals surface area contributed by atoms with Gasteiger partial charge in [-0.15, -0.1) is 0 Å². The van der Waals surface area contributed by atoms with Gasteiger partial charge < -0.3 is 10.2 Å². The topological polar surface area (TPSA) is 15.3 Å². The lowest BCUT2D eigenvalue weighted by Crippen LogP contribution is -2.51. The number of nitrogens with zero attached hydrogens (tertiary/aromatic N) is 1. The average Bonchev–Trinajstić information content (AvgIpc) is 2.64. The molecule has 0 aromatic rings. The summed E-state index contributed by atoms with van der Waals surface area (Å²) in [7, 11) is 0. The molecule has 2 aliphatic rings. The van der Waals surface area contributed by atoms with Gasteiger partial charge in [0.25, 0.3) is 0 Å². The molecule has 0 amide bonds. The molecule has 0 radical (unpaired) electrons. The minimum absolute atomic E-state index is 0.383. The zero-order valence-electron chi connectivity index (χ0n) is 13.4. The Morgan fingerprint density at radius 3 is 2.53 bits per heavy atom. The van der Waals surface area contributed by atoms with Gasteiger partial charge in [-0.3, -0.25) is 0 Å². The quantitative estimate of drug-likeness (QED) is 0.835. The predicted octanol–water partition coefficient (Wildman–Crippen LogP) is 3.67. The molecule has 2 atom stereocenters. The van der Waals surface area contributed by atoms with Gasteiger partial charge in [0, 0.05) is 18.6 Å². The van der Waals surface area contributed by atoms with Gasteiger partial charge in [0.2, 0.25) is 0 Å². The van der Waals surface area contributed by atoms with Crippen LogP contribution in [0, 0.1) is 11.8 Å². The number of nitrogens with one attached hydrogen (secondary N) is 1. The third-order valence-electron chi connectivity index (χ3n) is 5.81. The van der Waals surface area contributed by atoms with Crippen LogP contribution in [0.15, 0.2) is 0 Å². The summed E-state index contributed by atoms with van der Waals surface area (Å²) in [6.07, 6.45) is 9.71. The fourth-order valence-electron chi connectivity index (χ4n) is 4.09. The molecule has 0 aromatic heterocycles. The van der Waals surface area contributed by atoms with E-state index in [0.717, 1.165) is 11.8 Å². The Morgan fingerprint density at radius 2 is 1.84 bits per heavy atom. The van der Waals surface area contributed by atoms with Crippen molar-refractivity contribution >= 4 is 0 Å². The predicted molar refractivity (Wildman–Crippen MR) is 83.5 cm³/mol. The molecule has 0 spiro atoms. The van der Waals surface area contributed by atoms with Crippen LogP contribution in [0.4, 0.5) is 0 Å². The van der Waals surface area contributed by atoms with E-state index in [0.29, 0.717) is 5.54 Å². The zero-order chi connectivity index (χ0) is 13.7. The largest absolute Gasteiger partial charge is 0.310 e. The highest BCUT2D eigenvalue weighted by atomic mass is 15.2. The van der Waals surface area contributed by atoms with Crippen molar-refractivity contribution in [3.05, 3.63) is 0 Å². The Bertz CT molecular complexity index is 260. The molecule has 2 rings (SSSR count). The lowest BCUT2D eigenvalue weighted by atomic mass is 9.80. The van der Waals surface area contributed by atoms with Crippen molar-refractivity contribution in [1.29, 1.82) is 0 Å². The molecular weight excluding hydrogens is 232 g/mol. The van der Waals surface area contributed by atoms with E-state index in [1.807, 2.05) is 0 Å². The SMILES string of the molecule is CCC1(CC)CN(CC2CCCCC2C)CCCN1. The second kappa shape index (κ2) is 7.08. The lowest BCUT2D eigenvalue weighted by molar-refractivity contribution is 0.133. The molecule has 1 aliphatic carbocycles. The smallest absolute Gasteiger partial charge is 0.0303 e. The molecule has 1 saturated heterocycles. The molecule has 112 valence electrons. The van der Waals surface area contributed by atoms with E-state index in [4.69, 9.17) is 0 Å². The van der Waals surface area contributed by atoms with Crippen LogP contribution < -0.4 is 5.32 Å². The average molecular weight is 266 g/mol. The van der Waals surface area contributed by atoms with Crippen LogP contribution in [0.3, 0.4) is 0 Å². The van der Waals surface area contributed by atoms with Crippen LogP contribution in [0.25, 0.3) is 0 Å². The van der Waals surface area contributed by atoms with Crippen LogP contribution in [0.1, 0.15) is 65.7 Å². The third kappa shape index (κ3) is 3.95. The first kappa shape index (κ1) is 15.3. The van der Waals surface area contributed by atoms with Crippen molar-refractivity contribution in [2.24, 2.45) is 11.8 Å². The maximum Gasteiger partial charge on any atom is 0.0303 e. The van der Waals surface area contributed by atoms with Crippen molar-refractivity contribution in [1.82, 2.24) is 10.2 Å². The summed E-state index contributed by atoms with van der Waals surface area (Å²) < 4.78 is 0. The monoisotopic (exact) mass is 266 g/mol. The second-order valence-electron chi connectivity index (χ2n) is 7.02. The molecule has 1 aliphatic heterocycles. The Hall–Kier alpha value is -0.0800. The molecular formula is C17H34N2. The maximum absolute atomic E-state index is 3.83. The van der Waals surface area contributed by atoms with Crippen LogP contribution >= 0.6 is 0 Å². The molecule has 1 N–H and O–H groups in total. The minimum Gasteiger partial charge on any atom is -0.310 e. The summed E-state index contributed by atoms with van der Waals surface area (Å²) in [6, 6.07) is 0. The first-order chi connectivity index (χ1) is 9.19. The van der Waals surface area contributed by atoms with Crippen LogP contribution in [0.2, 0.25) is 0 Å². The fourth-order valence-corrected chi connectivity index (χ4v) is 4.09. The van der Waals surface area contributed by atoms with Gasteiger partial charge in [-0.25, -0.2) is 0 Å². The molecule has 2 heteroatoms. The fraction of sp³-hybridized carbons (Fsp3) is 1.00. The van der Waals surface area contributed by atoms with Gasteiger partial charge in [-0.2, -0.15) is 0 Å². The molecule has 2 fully saturated rings. The molecule has 2 nitrogen and oxygen atoms in total. The van der Waals surface area contributed by atoms with Crippen molar-refractivity contribution in [2.45, 2.75) is 71.3 Å².